The summed E-state index contributed by atoms with van der Waals surface area (Å²) in [6.07, 6.45) is 0. The Hall–Kier alpha value is -0.880. The molecule has 1 unspecified atom stereocenters. The molecule has 0 spiro atoms. The molecule has 1 aromatic rings. The molecule has 0 aromatic heterocycles. The van der Waals surface area contributed by atoms with Gasteiger partial charge in [0, 0.05) is 44.4 Å². The van der Waals surface area contributed by atoms with Gasteiger partial charge >= 0.3 is 0 Å². The lowest BCUT2D eigenvalue weighted by molar-refractivity contribution is -0.384. The van der Waals surface area contributed by atoms with E-state index in [1.165, 1.54) is 12.1 Å². The molecule has 0 radical (unpaired) electrons. The molecule has 1 aromatic carbocycles. The number of nitrogens with zero attached hydrogens (tertiary/aromatic N) is 2. The molecule has 1 fully saturated rings. The fourth-order valence-corrected chi connectivity index (χ4v) is 2.35. The van der Waals surface area contributed by atoms with Crippen LogP contribution in [0.5, 0.6) is 0 Å². The van der Waals surface area contributed by atoms with Crippen LogP contribution in [0.3, 0.4) is 0 Å². The third-order valence-electron chi connectivity index (χ3n) is 3.26. The number of hydrogen-bond donors (Lipinski definition) is 1. The zero-order valence-electron chi connectivity index (χ0n) is 10.6. The first-order valence-electron chi connectivity index (χ1n) is 5.95. The van der Waals surface area contributed by atoms with Gasteiger partial charge in [-0.15, -0.1) is 12.4 Å². The molecule has 2 rings (SSSR count). The molecule has 106 valence electrons. The van der Waals surface area contributed by atoms with Crippen molar-refractivity contribution in [3.63, 3.8) is 0 Å². The minimum atomic E-state index is -0.427. The molecule has 0 saturated carbocycles. The van der Waals surface area contributed by atoms with Crippen LogP contribution in [0.4, 0.5) is 5.69 Å². The number of halogens is 2. The molecular weight excluding hydrogens is 289 g/mol. The standard InChI is InChI=1S/C12H16ClN3O2.ClH/c1-9-7-14-4-5-15(9)8-10-2-3-11(16(17)18)6-12(10)13;/h2-3,6,9,14H,4-5,7-8H2,1H3;1H. The SMILES string of the molecule is CC1CNCCN1Cc1ccc([N+](=O)[O-])cc1Cl.Cl. The molecule has 0 amide bonds. The van der Waals surface area contributed by atoms with Gasteiger partial charge in [-0.3, -0.25) is 15.0 Å². The number of nitrogens with one attached hydrogen (secondary N) is 1. The van der Waals surface area contributed by atoms with E-state index in [-0.39, 0.29) is 18.1 Å². The van der Waals surface area contributed by atoms with E-state index in [0.717, 1.165) is 31.7 Å². The van der Waals surface area contributed by atoms with Gasteiger partial charge in [-0.05, 0) is 18.6 Å². The molecular formula is C12H17Cl2N3O2. The molecule has 1 saturated heterocycles. The van der Waals surface area contributed by atoms with Gasteiger partial charge in [-0.1, -0.05) is 11.6 Å². The minimum absolute atomic E-state index is 0. The maximum absolute atomic E-state index is 10.6. The van der Waals surface area contributed by atoms with Gasteiger partial charge in [-0.25, -0.2) is 0 Å². The summed E-state index contributed by atoms with van der Waals surface area (Å²) >= 11 is 6.09. The van der Waals surface area contributed by atoms with Crippen LogP contribution in [-0.2, 0) is 6.54 Å². The topological polar surface area (TPSA) is 58.4 Å². The first-order chi connectivity index (χ1) is 8.58. The molecule has 0 aliphatic carbocycles. The maximum Gasteiger partial charge on any atom is 0.270 e. The lowest BCUT2D eigenvalue weighted by Crippen LogP contribution is -2.49. The first-order valence-corrected chi connectivity index (χ1v) is 6.33. The highest BCUT2D eigenvalue weighted by Gasteiger charge is 2.19. The smallest absolute Gasteiger partial charge is 0.270 e. The quantitative estimate of drug-likeness (QED) is 0.688. The van der Waals surface area contributed by atoms with Crippen LogP contribution in [-0.4, -0.2) is 35.5 Å². The summed E-state index contributed by atoms with van der Waals surface area (Å²) in [4.78, 5) is 12.5. The average molecular weight is 306 g/mol. The Kier molecular flexibility index (Phi) is 6.00. The Morgan fingerprint density at radius 1 is 1.58 bits per heavy atom. The zero-order chi connectivity index (χ0) is 13.1. The highest BCUT2D eigenvalue weighted by atomic mass is 35.5. The Morgan fingerprint density at radius 3 is 2.89 bits per heavy atom. The van der Waals surface area contributed by atoms with E-state index in [1.54, 1.807) is 6.07 Å². The fraction of sp³-hybridized carbons (Fsp3) is 0.500. The molecule has 1 aliphatic heterocycles. The number of piperazine rings is 1. The van der Waals surface area contributed by atoms with Crippen LogP contribution in [0.1, 0.15) is 12.5 Å². The lowest BCUT2D eigenvalue weighted by Gasteiger charge is -2.34. The Balaban J connectivity index is 0.00000180. The highest BCUT2D eigenvalue weighted by molar-refractivity contribution is 6.31. The van der Waals surface area contributed by atoms with Gasteiger partial charge in [0.15, 0.2) is 0 Å². The Bertz CT molecular complexity index is 457. The molecule has 5 nitrogen and oxygen atoms in total. The zero-order valence-corrected chi connectivity index (χ0v) is 12.2. The van der Waals surface area contributed by atoms with Crippen LogP contribution < -0.4 is 5.32 Å². The number of rotatable bonds is 3. The fourth-order valence-electron chi connectivity index (χ4n) is 2.11. The minimum Gasteiger partial charge on any atom is -0.314 e. The van der Waals surface area contributed by atoms with Crippen molar-refractivity contribution in [3.05, 3.63) is 38.9 Å². The van der Waals surface area contributed by atoms with E-state index >= 15 is 0 Å². The summed E-state index contributed by atoms with van der Waals surface area (Å²) < 4.78 is 0. The Morgan fingerprint density at radius 2 is 2.32 bits per heavy atom. The summed E-state index contributed by atoms with van der Waals surface area (Å²) in [5.41, 5.74) is 0.980. The van der Waals surface area contributed by atoms with Crippen LogP contribution in [0.2, 0.25) is 5.02 Å². The van der Waals surface area contributed by atoms with Crippen molar-refractivity contribution in [2.45, 2.75) is 19.5 Å². The van der Waals surface area contributed by atoms with Crippen LogP contribution >= 0.6 is 24.0 Å². The molecule has 1 atom stereocenters. The summed E-state index contributed by atoms with van der Waals surface area (Å²) in [6.45, 7) is 5.79. The van der Waals surface area contributed by atoms with Crippen molar-refractivity contribution in [1.82, 2.24) is 10.2 Å². The highest BCUT2D eigenvalue weighted by Crippen LogP contribution is 2.24. The third kappa shape index (κ3) is 4.04. The summed E-state index contributed by atoms with van der Waals surface area (Å²) in [5, 5.41) is 14.4. The predicted octanol–water partition coefficient (Wildman–Crippen LogP) is 2.46. The summed E-state index contributed by atoms with van der Waals surface area (Å²) in [7, 11) is 0. The van der Waals surface area contributed by atoms with Gasteiger partial charge in [0.1, 0.15) is 0 Å². The number of hydrogen-bond acceptors (Lipinski definition) is 4. The maximum atomic E-state index is 10.6. The number of nitro groups is 1. The van der Waals surface area contributed by atoms with E-state index in [0.29, 0.717) is 11.1 Å². The van der Waals surface area contributed by atoms with E-state index in [1.807, 2.05) is 0 Å². The predicted molar refractivity (Wildman–Crippen MR) is 78.1 cm³/mol. The second-order valence-electron chi connectivity index (χ2n) is 4.56. The number of benzene rings is 1. The van der Waals surface area contributed by atoms with E-state index < -0.39 is 4.92 Å². The van der Waals surface area contributed by atoms with Gasteiger partial charge < -0.3 is 5.32 Å². The first kappa shape index (κ1) is 16.2. The van der Waals surface area contributed by atoms with Crippen molar-refractivity contribution in [1.29, 1.82) is 0 Å². The Labute approximate surface area is 123 Å². The summed E-state index contributed by atoms with van der Waals surface area (Å²) in [6, 6.07) is 5.12. The second-order valence-corrected chi connectivity index (χ2v) is 4.96. The molecule has 7 heteroatoms. The van der Waals surface area contributed by atoms with Gasteiger partial charge in [0.05, 0.1) is 9.95 Å². The second kappa shape index (κ2) is 7.05. The van der Waals surface area contributed by atoms with Crippen LogP contribution in [0.15, 0.2) is 18.2 Å². The van der Waals surface area contributed by atoms with Crippen molar-refractivity contribution in [2.24, 2.45) is 0 Å². The van der Waals surface area contributed by atoms with E-state index in [9.17, 15) is 10.1 Å². The summed E-state index contributed by atoms with van der Waals surface area (Å²) in [5.74, 6) is 0. The van der Waals surface area contributed by atoms with Gasteiger partial charge in [0.2, 0.25) is 0 Å². The third-order valence-corrected chi connectivity index (χ3v) is 3.61. The van der Waals surface area contributed by atoms with E-state index in [4.69, 9.17) is 11.6 Å². The average Bonchev–Trinajstić information content (AvgIpc) is 2.34. The van der Waals surface area contributed by atoms with Gasteiger partial charge in [-0.2, -0.15) is 0 Å². The van der Waals surface area contributed by atoms with Gasteiger partial charge in [0.25, 0.3) is 5.69 Å². The van der Waals surface area contributed by atoms with Crippen molar-refractivity contribution in [2.75, 3.05) is 19.6 Å². The molecule has 19 heavy (non-hydrogen) atoms. The molecule has 1 N–H and O–H groups in total. The number of nitro benzene ring substituents is 1. The van der Waals surface area contributed by atoms with Crippen molar-refractivity contribution >= 4 is 29.7 Å². The largest absolute Gasteiger partial charge is 0.314 e. The normalized spacial score (nSPS) is 19.8. The lowest BCUT2D eigenvalue weighted by atomic mass is 10.1. The van der Waals surface area contributed by atoms with E-state index in [2.05, 4.69) is 17.1 Å². The molecule has 1 heterocycles. The van der Waals surface area contributed by atoms with Crippen LogP contribution in [0, 0.1) is 10.1 Å². The molecule has 0 bridgehead atoms. The van der Waals surface area contributed by atoms with Crippen LogP contribution in [0.25, 0.3) is 0 Å². The van der Waals surface area contributed by atoms with Crippen molar-refractivity contribution < 1.29 is 4.92 Å². The van der Waals surface area contributed by atoms with Crippen molar-refractivity contribution in [3.8, 4) is 0 Å². The monoisotopic (exact) mass is 305 g/mol. The number of non-ortho nitro benzene ring substituents is 1. The molecule has 1 aliphatic rings.